The molecule has 4 heteroatoms. The van der Waals surface area contributed by atoms with Crippen molar-refractivity contribution in [3.63, 3.8) is 0 Å². The number of hydrogen-bond acceptors (Lipinski definition) is 0. The van der Waals surface area contributed by atoms with Gasteiger partial charge in [0.2, 0.25) is 0 Å². The van der Waals surface area contributed by atoms with Crippen LogP contribution >= 0.6 is 55.1 Å². The van der Waals surface area contributed by atoms with Gasteiger partial charge >= 0.3 is 0 Å². The van der Waals surface area contributed by atoms with Gasteiger partial charge in [-0.3, -0.25) is 0 Å². The van der Waals surface area contributed by atoms with E-state index < -0.39 is 0 Å². The van der Waals surface area contributed by atoms with Crippen molar-refractivity contribution in [1.82, 2.24) is 0 Å². The average molecular weight is 457 g/mol. The Morgan fingerprint density at radius 2 is 1.00 bits per heavy atom. The molecule has 0 aliphatic heterocycles. The summed E-state index contributed by atoms with van der Waals surface area (Å²) in [6.07, 6.45) is 0. The Kier molecular flexibility index (Phi) is 4.94. The average Bonchev–Trinajstić information content (AvgIpc) is 2.49. The second-order valence-corrected chi connectivity index (χ2v) is 7.41. The fourth-order valence-corrected chi connectivity index (χ4v) is 3.83. The van der Waals surface area contributed by atoms with E-state index in [1.165, 1.54) is 0 Å². The highest BCUT2D eigenvalue weighted by atomic mass is 79.9. The largest absolute Gasteiger partial charge is 0.0843 e. The number of benzene rings is 3. The SMILES string of the molecule is Clc1cccc(-c2cc(Br)c(-c3cccc(Cl)c3)cc2Br)c1. The molecule has 110 valence electrons. The zero-order valence-corrected chi connectivity index (χ0v) is 16.0. The zero-order valence-electron chi connectivity index (χ0n) is 11.3. The molecule has 0 unspecified atom stereocenters. The van der Waals surface area contributed by atoms with Crippen LogP contribution in [0.5, 0.6) is 0 Å². The van der Waals surface area contributed by atoms with Gasteiger partial charge in [-0.05, 0) is 58.7 Å². The maximum atomic E-state index is 6.09. The lowest BCUT2D eigenvalue weighted by Crippen LogP contribution is -1.86. The highest BCUT2D eigenvalue weighted by Gasteiger charge is 2.11. The fraction of sp³-hybridized carbons (Fsp3) is 0. The summed E-state index contributed by atoms with van der Waals surface area (Å²) in [5, 5.41) is 1.44. The maximum Gasteiger partial charge on any atom is 0.0412 e. The van der Waals surface area contributed by atoms with E-state index in [0.29, 0.717) is 0 Å². The third-order valence-electron chi connectivity index (χ3n) is 3.33. The van der Waals surface area contributed by atoms with Crippen molar-refractivity contribution in [2.45, 2.75) is 0 Å². The molecule has 0 saturated heterocycles. The number of halogens is 4. The molecule has 0 bridgehead atoms. The second kappa shape index (κ2) is 6.76. The van der Waals surface area contributed by atoms with Crippen LogP contribution in [0.25, 0.3) is 22.3 Å². The van der Waals surface area contributed by atoms with E-state index in [2.05, 4.69) is 44.0 Å². The monoisotopic (exact) mass is 454 g/mol. The van der Waals surface area contributed by atoms with Crippen LogP contribution in [0.1, 0.15) is 0 Å². The predicted octanol–water partition coefficient (Wildman–Crippen LogP) is 7.85. The number of rotatable bonds is 2. The van der Waals surface area contributed by atoms with Crippen molar-refractivity contribution >= 4 is 55.1 Å². The standard InChI is InChI=1S/C18H10Br2Cl2/c19-17-10-16(12-4-2-6-14(22)8-12)18(20)9-15(17)11-3-1-5-13(21)7-11/h1-10H. The molecular formula is C18H10Br2Cl2. The van der Waals surface area contributed by atoms with Gasteiger partial charge in [0.1, 0.15) is 0 Å². The predicted molar refractivity (Wildman–Crippen MR) is 103 cm³/mol. The highest BCUT2D eigenvalue weighted by Crippen LogP contribution is 2.39. The lowest BCUT2D eigenvalue weighted by Gasteiger charge is -2.11. The molecule has 3 aromatic carbocycles. The van der Waals surface area contributed by atoms with Crippen LogP contribution < -0.4 is 0 Å². The van der Waals surface area contributed by atoms with Gasteiger partial charge in [-0.25, -0.2) is 0 Å². The first-order chi connectivity index (χ1) is 10.5. The van der Waals surface area contributed by atoms with Gasteiger partial charge in [0.05, 0.1) is 0 Å². The van der Waals surface area contributed by atoms with Crippen LogP contribution in [0.4, 0.5) is 0 Å². The van der Waals surface area contributed by atoms with Crippen LogP contribution in [-0.4, -0.2) is 0 Å². The molecule has 0 radical (unpaired) electrons. The van der Waals surface area contributed by atoms with Crippen LogP contribution in [-0.2, 0) is 0 Å². The quantitative estimate of drug-likeness (QED) is 0.368. The van der Waals surface area contributed by atoms with E-state index in [9.17, 15) is 0 Å². The van der Waals surface area contributed by atoms with Crippen LogP contribution in [0.15, 0.2) is 69.6 Å². The highest BCUT2D eigenvalue weighted by molar-refractivity contribution is 9.11. The Bertz CT molecular complexity index is 773. The summed E-state index contributed by atoms with van der Waals surface area (Å²) < 4.78 is 2.01. The first-order valence-corrected chi connectivity index (χ1v) is 8.90. The van der Waals surface area contributed by atoms with E-state index in [4.69, 9.17) is 23.2 Å². The van der Waals surface area contributed by atoms with Crippen LogP contribution in [0, 0.1) is 0 Å². The minimum Gasteiger partial charge on any atom is -0.0843 e. The molecule has 0 aliphatic rings. The summed E-state index contributed by atoms with van der Waals surface area (Å²) in [5.41, 5.74) is 4.30. The normalized spacial score (nSPS) is 10.7. The molecule has 0 spiro atoms. The van der Waals surface area contributed by atoms with Crippen molar-refractivity contribution in [2.24, 2.45) is 0 Å². The molecule has 0 saturated carbocycles. The Morgan fingerprint density at radius 1 is 0.591 bits per heavy atom. The van der Waals surface area contributed by atoms with Crippen LogP contribution in [0.3, 0.4) is 0 Å². The minimum absolute atomic E-state index is 0.722. The molecule has 0 N–H and O–H groups in total. The first-order valence-electron chi connectivity index (χ1n) is 6.55. The van der Waals surface area contributed by atoms with Crippen molar-refractivity contribution < 1.29 is 0 Å². The van der Waals surface area contributed by atoms with E-state index >= 15 is 0 Å². The molecule has 0 heterocycles. The number of hydrogen-bond donors (Lipinski definition) is 0. The van der Waals surface area contributed by atoms with E-state index in [0.717, 1.165) is 41.2 Å². The van der Waals surface area contributed by atoms with Gasteiger partial charge in [-0.2, -0.15) is 0 Å². The Morgan fingerprint density at radius 3 is 1.36 bits per heavy atom. The first kappa shape index (κ1) is 16.1. The lowest BCUT2D eigenvalue weighted by molar-refractivity contribution is 1.53. The summed E-state index contributed by atoms with van der Waals surface area (Å²) >= 11 is 19.5. The molecule has 3 aromatic rings. The lowest BCUT2D eigenvalue weighted by atomic mass is 10.0. The summed E-state index contributed by atoms with van der Waals surface area (Å²) in [6, 6.07) is 19.8. The van der Waals surface area contributed by atoms with Crippen molar-refractivity contribution in [3.05, 3.63) is 79.7 Å². The molecule has 0 aromatic heterocycles. The molecule has 22 heavy (non-hydrogen) atoms. The Labute approximate surface area is 156 Å². The third-order valence-corrected chi connectivity index (χ3v) is 5.11. The molecule has 0 nitrogen and oxygen atoms in total. The van der Waals surface area contributed by atoms with Gasteiger partial charge in [0, 0.05) is 19.0 Å². The van der Waals surface area contributed by atoms with Crippen molar-refractivity contribution in [3.8, 4) is 22.3 Å². The summed E-state index contributed by atoms with van der Waals surface area (Å²) in [7, 11) is 0. The van der Waals surface area contributed by atoms with Gasteiger partial charge in [0.25, 0.3) is 0 Å². The molecular weight excluding hydrogens is 447 g/mol. The van der Waals surface area contributed by atoms with E-state index in [1.54, 1.807) is 0 Å². The molecule has 0 amide bonds. The van der Waals surface area contributed by atoms with Crippen molar-refractivity contribution in [2.75, 3.05) is 0 Å². The van der Waals surface area contributed by atoms with Gasteiger partial charge in [0.15, 0.2) is 0 Å². The fourth-order valence-electron chi connectivity index (χ4n) is 2.30. The van der Waals surface area contributed by atoms with Gasteiger partial charge in [-0.1, -0.05) is 79.3 Å². The zero-order chi connectivity index (χ0) is 15.7. The summed E-state index contributed by atoms with van der Waals surface area (Å²) in [4.78, 5) is 0. The molecule has 0 aliphatic carbocycles. The summed E-state index contributed by atoms with van der Waals surface area (Å²) in [6.45, 7) is 0. The second-order valence-electron chi connectivity index (χ2n) is 4.83. The minimum atomic E-state index is 0.722. The van der Waals surface area contributed by atoms with E-state index in [-0.39, 0.29) is 0 Å². The maximum absolute atomic E-state index is 6.09. The van der Waals surface area contributed by atoms with Crippen LogP contribution in [0.2, 0.25) is 10.0 Å². The Balaban J connectivity index is 2.13. The smallest absolute Gasteiger partial charge is 0.0412 e. The Hall–Kier alpha value is -0.800. The summed E-state index contributed by atoms with van der Waals surface area (Å²) in [5.74, 6) is 0. The van der Waals surface area contributed by atoms with Gasteiger partial charge in [-0.15, -0.1) is 0 Å². The third kappa shape index (κ3) is 3.41. The molecule has 3 rings (SSSR count). The van der Waals surface area contributed by atoms with Gasteiger partial charge < -0.3 is 0 Å². The topological polar surface area (TPSA) is 0 Å². The molecule has 0 atom stereocenters. The molecule has 0 fully saturated rings. The van der Waals surface area contributed by atoms with Crippen molar-refractivity contribution in [1.29, 1.82) is 0 Å². The van der Waals surface area contributed by atoms with E-state index in [1.807, 2.05) is 48.5 Å².